The molecule has 0 spiro atoms. The summed E-state index contributed by atoms with van der Waals surface area (Å²) in [5.74, 6) is 0. The Hall–Kier alpha value is -1.39. The molecule has 0 unspecified atom stereocenters. The highest BCUT2D eigenvalue weighted by Crippen LogP contribution is 2.22. The molecule has 0 saturated carbocycles. The fourth-order valence-electron chi connectivity index (χ4n) is 1.50. The number of aryl methyl sites for hydroxylation is 1. The molecule has 78 valence electrons. The molecule has 5 heteroatoms. The summed E-state index contributed by atoms with van der Waals surface area (Å²) >= 11 is 5.82. The number of hydrogen-bond donors (Lipinski definition) is 1. The molecule has 0 aliphatic heterocycles. The minimum Gasteiger partial charge on any atom is -0.325 e. The van der Waals surface area contributed by atoms with E-state index in [4.69, 9.17) is 17.3 Å². The molecule has 0 radical (unpaired) electrons. The first kappa shape index (κ1) is 10.1. The number of nitrogens with two attached hydrogens (primary N) is 1. The maximum atomic E-state index is 5.82. The molecule has 1 aromatic carbocycles. The number of hydrogen-bond acceptors (Lipinski definition) is 3. The van der Waals surface area contributed by atoms with Crippen molar-refractivity contribution in [2.75, 3.05) is 0 Å². The lowest BCUT2D eigenvalue weighted by molar-refractivity contribution is 0.718. The van der Waals surface area contributed by atoms with Gasteiger partial charge in [0.15, 0.2) is 0 Å². The van der Waals surface area contributed by atoms with Gasteiger partial charge in [0.1, 0.15) is 5.69 Å². The molecule has 2 aromatic rings. The number of halogens is 1. The molecule has 1 heterocycles. The first-order valence-electron chi connectivity index (χ1n) is 4.57. The lowest BCUT2D eigenvalue weighted by Crippen LogP contribution is -2.00. The second-order valence-electron chi connectivity index (χ2n) is 3.22. The van der Waals surface area contributed by atoms with Crippen molar-refractivity contribution in [1.29, 1.82) is 0 Å². The van der Waals surface area contributed by atoms with Crippen LogP contribution in [0, 0.1) is 0 Å². The summed E-state index contributed by atoms with van der Waals surface area (Å²) in [6.45, 7) is 0.381. The van der Waals surface area contributed by atoms with E-state index in [2.05, 4.69) is 10.3 Å². The zero-order chi connectivity index (χ0) is 10.8. The van der Waals surface area contributed by atoms with Gasteiger partial charge in [-0.15, -0.1) is 5.10 Å². The Morgan fingerprint density at radius 2 is 2.00 bits per heavy atom. The van der Waals surface area contributed by atoms with Gasteiger partial charge in [-0.05, 0) is 12.1 Å². The van der Waals surface area contributed by atoms with E-state index in [0.29, 0.717) is 11.6 Å². The predicted octanol–water partition coefficient (Wildman–Crippen LogP) is 1.59. The third-order valence-electron chi connectivity index (χ3n) is 2.21. The van der Waals surface area contributed by atoms with E-state index < -0.39 is 0 Å². The summed E-state index contributed by atoms with van der Waals surface area (Å²) in [7, 11) is 1.84. The molecule has 4 nitrogen and oxygen atoms in total. The fourth-order valence-corrected chi connectivity index (χ4v) is 1.62. The van der Waals surface area contributed by atoms with E-state index in [9.17, 15) is 0 Å². The smallest absolute Gasteiger partial charge is 0.104 e. The van der Waals surface area contributed by atoms with Crippen molar-refractivity contribution in [2.45, 2.75) is 6.54 Å². The molecule has 0 bridgehead atoms. The van der Waals surface area contributed by atoms with Gasteiger partial charge in [-0.1, -0.05) is 28.9 Å². The van der Waals surface area contributed by atoms with Crippen molar-refractivity contribution >= 4 is 11.6 Å². The van der Waals surface area contributed by atoms with E-state index in [0.717, 1.165) is 17.0 Å². The second-order valence-corrected chi connectivity index (χ2v) is 3.66. The van der Waals surface area contributed by atoms with Gasteiger partial charge < -0.3 is 5.73 Å². The molecule has 2 rings (SSSR count). The van der Waals surface area contributed by atoms with Crippen LogP contribution in [0.15, 0.2) is 24.3 Å². The van der Waals surface area contributed by atoms with Crippen LogP contribution in [0.3, 0.4) is 0 Å². The summed E-state index contributed by atoms with van der Waals surface area (Å²) in [6, 6.07) is 7.54. The molecule has 0 amide bonds. The van der Waals surface area contributed by atoms with Gasteiger partial charge in [0.05, 0.1) is 5.69 Å². The van der Waals surface area contributed by atoms with E-state index in [1.54, 1.807) is 4.68 Å². The summed E-state index contributed by atoms with van der Waals surface area (Å²) in [6.07, 6.45) is 0. The highest BCUT2D eigenvalue weighted by atomic mass is 35.5. The largest absolute Gasteiger partial charge is 0.325 e. The summed E-state index contributed by atoms with van der Waals surface area (Å²) in [5.41, 5.74) is 8.34. The van der Waals surface area contributed by atoms with Crippen LogP contribution in [0.2, 0.25) is 5.02 Å². The van der Waals surface area contributed by atoms with Crippen molar-refractivity contribution in [3.63, 3.8) is 0 Å². The number of benzene rings is 1. The van der Waals surface area contributed by atoms with Gasteiger partial charge in [0.2, 0.25) is 0 Å². The molecule has 0 aliphatic rings. The molecule has 1 aromatic heterocycles. The Bertz CT molecular complexity index is 461. The number of rotatable bonds is 2. The van der Waals surface area contributed by atoms with Gasteiger partial charge in [-0.25, -0.2) is 4.68 Å². The maximum Gasteiger partial charge on any atom is 0.104 e. The molecule has 0 saturated heterocycles. The normalized spacial score (nSPS) is 10.6. The molecular weight excluding hydrogens is 212 g/mol. The van der Waals surface area contributed by atoms with Crippen LogP contribution >= 0.6 is 11.6 Å². The van der Waals surface area contributed by atoms with Crippen LogP contribution in [0.5, 0.6) is 0 Å². The molecule has 0 fully saturated rings. The van der Waals surface area contributed by atoms with Crippen LogP contribution < -0.4 is 5.73 Å². The number of aromatic nitrogens is 3. The van der Waals surface area contributed by atoms with Crippen molar-refractivity contribution in [2.24, 2.45) is 12.8 Å². The van der Waals surface area contributed by atoms with E-state index >= 15 is 0 Å². The zero-order valence-corrected chi connectivity index (χ0v) is 9.07. The quantitative estimate of drug-likeness (QED) is 0.840. The molecule has 15 heavy (non-hydrogen) atoms. The lowest BCUT2D eigenvalue weighted by Gasteiger charge is -2.03. The highest BCUT2D eigenvalue weighted by molar-refractivity contribution is 6.30. The van der Waals surface area contributed by atoms with Crippen molar-refractivity contribution in [1.82, 2.24) is 15.0 Å². The average Bonchev–Trinajstić information content (AvgIpc) is 2.61. The van der Waals surface area contributed by atoms with Crippen molar-refractivity contribution in [3.05, 3.63) is 35.0 Å². The van der Waals surface area contributed by atoms with Crippen molar-refractivity contribution in [3.8, 4) is 11.3 Å². The van der Waals surface area contributed by atoms with E-state index in [1.807, 2.05) is 31.3 Å². The molecular formula is C10H11ClN4. The first-order chi connectivity index (χ1) is 7.22. The maximum absolute atomic E-state index is 5.82. The van der Waals surface area contributed by atoms with Crippen LogP contribution in [0.1, 0.15) is 5.69 Å². The Kier molecular flexibility index (Phi) is 2.70. The van der Waals surface area contributed by atoms with Crippen molar-refractivity contribution < 1.29 is 0 Å². The highest BCUT2D eigenvalue weighted by Gasteiger charge is 2.10. The summed E-state index contributed by atoms with van der Waals surface area (Å²) < 4.78 is 1.71. The summed E-state index contributed by atoms with van der Waals surface area (Å²) in [5, 5.41) is 8.64. The third kappa shape index (κ3) is 1.86. The lowest BCUT2D eigenvalue weighted by atomic mass is 10.1. The standard InChI is InChI=1S/C10H11ClN4/c1-15-10(9(6-12)13-14-15)7-2-4-8(11)5-3-7/h2-5H,6,12H2,1H3. The Morgan fingerprint density at radius 1 is 1.33 bits per heavy atom. The Morgan fingerprint density at radius 3 is 2.60 bits per heavy atom. The average molecular weight is 223 g/mol. The van der Waals surface area contributed by atoms with E-state index in [-0.39, 0.29) is 0 Å². The third-order valence-corrected chi connectivity index (χ3v) is 2.46. The fraction of sp³-hybridized carbons (Fsp3) is 0.200. The molecule has 2 N–H and O–H groups in total. The van der Waals surface area contributed by atoms with Crippen LogP contribution in [-0.4, -0.2) is 15.0 Å². The Labute approximate surface area is 92.7 Å². The minimum atomic E-state index is 0.381. The second kappa shape index (κ2) is 4.00. The van der Waals surface area contributed by atoms with Gasteiger partial charge >= 0.3 is 0 Å². The van der Waals surface area contributed by atoms with Crippen LogP contribution in [-0.2, 0) is 13.6 Å². The Balaban J connectivity index is 2.52. The van der Waals surface area contributed by atoms with Crippen LogP contribution in [0.4, 0.5) is 0 Å². The van der Waals surface area contributed by atoms with E-state index in [1.165, 1.54) is 0 Å². The zero-order valence-electron chi connectivity index (χ0n) is 8.31. The topological polar surface area (TPSA) is 56.7 Å². The molecule has 0 aliphatic carbocycles. The molecule has 0 atom stereocenters. The van der Waals surface area contributed by atoms with Gasteiger partial charge in [-0.3, -0.25) is 0 Å². The van der Waals surface area contributed by atoms with Gasteiger partial charge in [0, 0.05) is 24.2 Å². The SMILES string of the molecule is Cn1nnc(CN)c1-c1ccc(Cl)cc1. The van der Waals surface area contributed by atoms with Crippen LogP contribution in [0.25, 0.3) is 11.3 Å². The van der Waals surface area contributed by atoms with Gasteiger partial charge in [-0.2, -0.15) is 0 Å². The minimum absolute atomic E-state index is 0.381. The number of nitrogens with zero attached hydrogens (tertiary/aromatic N) is 3. The van der Waals surface area contributed by atoms with Gasteiger partial charge in [0.25, 0.3) is 0 Å². The monoisotopic (exact) mass is 222 g/mol. The first-order valence-corrected chi connectivity index (χ1v) is 4.94. The predicted molar refractivity (Wildman–Crippen MR) is 59.3 cm³/mol. The summed E-state index contributed by atoms with van der Waals surface area (Å²) in [4.78, 5) is 0.